The molecule has 0 radical (unpaired) electrons. The average Bonchev–Trinajstić information content (AvgIpc) is 3.09. The summed E-state index contributed by atoms with van der Waals surface area (Å²) < 4.78 is 0. The number of rotatable bonds is 2. The first-order valence-corrected chi connectivity index (χ1v) is 5.67. The lowest BCUT2D eigenvalue weighted by atomic mass is 10.1. The second-order valence-electron chi connectivity index (χ2n) is 3.27. The monoisotopic (exact) mass is 225 g/mol. The standard InChI is InChI=1S/C10H10ClNO.C2H6/c11-9-5-3-8(4-6-9)10(12-13)7-1-2-7;1-2/h3-7,13H,1-2H2;1-2H3/b12-10+;. The van der Waals surface area contributed by atoms with Crippen LogP contribution in [0.5, 0.6) is 0 Å². The summed E-state index contributed by atoms with van der Waals surface area (Å²) in [4.78, 5) is 0. The fourth-order valence-electron chi connectivity index (χ4n) is 1.35. The number of oxime groups is 1. The van der Waals surface area contributed by atoms with E-state index in [0.29, 0.717) is 10.9 Å². The van der Waals surface area contributed by atoms with Crippen LogP contribution in [0.15, 0.2) is 29.4 Å². The summed E-state index contributed by atoms with van der Waals surface area (Å²) in [5.41, 5.74) is 1.76. The van der Waals surface area contributed by atoms with E-state index in [1.807, 2.05) is 38.1 Å². The highest BCUT2D eigenvalue weighted by molar-refractivity contribution is 6.30. The molecule has 0 bridgehead atoms. The topological polar surface area (TPSA) is 32.6 Å². The molecule has 0 atom stereocenters. The van der Waals surface area contributed by atoms with Crippen LogP contribution in [0.25, 0.3) is 0 Å². The normalized spacial score (nSPS) is 15.5. The van der Waals surface area contributed by atoms with E-state index >= 15 is 0 Å². The number of hydrogen-bond donors (Lipinski definition) is 1. The lowest BCUT2D eigenvalue weighted by molar-refractivity contribution is 0.317. The molecule has 1 N–H and O–H groups in total. The maximum absolute atomic E-state index is 8.81. The lowest BCUT2D eigenvalue weighted by Gasteiger charge is -2.01. The van der Waals surface area contributed by atoms with Crippen molar-refractivity contribution in [3.8, 4) is 0 Å². The van der Waals surface area contributed by atoms with Crippen molar-refractivity contribution < 1.29 is 5.21 Å². The number of benzene rings is 1. The Morgan fingerprint density at radius 1 is 1.27 bits per heavy atom. The Hall–Kier alpha value is -1.02. The van der Waals surface area contributed by atoms with Crippen molar-refractivity contribution in [1.29, 1.82) is 0 Å². The van der Waals surface area contributed by atoms with Crippen molar-refractivity contribution in [2.24, 2.45) is 11.1 Å². The molecular weight excluding hydrogens is 210 g/mol. The third-order valence-corrected chi connectivity index (χ3v) is 2.46. The van der Waals surface area contributed by atoms with Crippen molar-refractivity contribution in [3.05, 3.63) is 34.9 Å². The first-order chi connectivity index (χ1) is 7.31. The highest BCUT2D eigenvalue weighted by Crippen LogP contribution is 2.33. The molecule has 15 heavy (non-hydrogen) atoms. The maximum Gasteiger partial charge on any atom is 0.0898 e. The smallest absolute Gasteiger partial charge is 0.0898 e. The van der Waals surface area contributed by atoms with Gasteiger partial charge in [0, 0.05) is 10.9 Å². The molecule has 0 spiro atoms. The van der Waals surface area contributed by atoms with Gasteiger partial charge in [0.2, 0.25) is 0 Å². The van der Waals surface area contributed by atoms with Crippen molar-refractivity contribution in [2.75, 3.05) is 0 Å². The van der Waals surface area contributed by atoms with E-state index in [1.54, 1.807) is 0 Å². The van der Waals surface area contributed by atoms with Gasteiger partial charge >= 0.3 is 0 Å². The summed E-state index contributed by atoms with van der Waals surface area (Å²) in [6, 6.07) is 7.39. The minimum Gasteiger partial charge on any atom is -0.411 e. The van der Waals surface area contributed by atoms with Crippen LogP contribution in [0, 0.1) is 5.92 Å². The van der Waals surface area contributed by atoms with E-state index in [-0.39, 0.29) is 0 Å². The number of hydrogen-bond acceptors (Lipinski definition) is 2. The fourth-order valence-corrected chi connectivity index (χ4v) is 1.48. The molecule has 0 unspecified atom stereocenters. The molecule has 0 aliphatic heterocycles. The first-order valence-electron chi connectivity index (χ1n) is 5.29. The van der Waals surface area contributed by atoms with Gasteiger partial charge in [-0.15, -0.1) is 0 Å². The third-order valence-electron chi connectivity index (χ3n) is 2.21. The van der Waals surface area contributed by atoms with Gasteiger partial charge in [0.25, 0.3) is 0 Å². The zero-order valence-electron chi connectivity index (χ0n) is 9.07. The molecule has 1 saturated carbocycles. The predicted molar refractivity (Wildman–Crippen MR) is 63.8 cm³/mol. The van der Waals surface area contributed by atoms with Crippen molar-refractivity contribution >= 4 is 17.3 Å². The van der Waals surface area contributed by atoms with Crippen LogP contribution in [0.2, 0.25) is 5.02 Å². The van der Waals surface area contributed by atoms with Crippen LogP contribution in [0.3, 0.4) is 0 Å². The zero-order chi connectivity index (χ0) is 11.3. The fraction of sp³-hybridized carbons (Fsp3) is 0.417. The summed E-state index contributed by atoms with van der Waals surface area (Å²) >= 11 is 5.75. The Morgan fingerprint density at radius 2 is 1.80 bits per heavy atom. The summed E-state index contributed by atoms with van der Waals surface area (Å²) in [5.74, 6) is 0.450. The van der Waals surface area contributed by atoms with Gasteiger partial charge in [0.05, 0.1) is 5.71 Å². The van der Waals surface area contributed by atoms with Gasteiger partial charge in [-0.1, -0.05) is 42.7 Å². The van der Waals surface area contributed by atoms with Gasteiger partial charge in [0.15, 0.2) is 0 Å². The molecule has 1 aliphatic rings. The average molecular weight is 226 g/mol. The first kappa shape index (κ1) is 12.1. The van der Waals surface area contributed by atoms with E-state index < -0.39 is 0 Å². The van der Waals surface area contributed by atoms with Crippen LogP contribution in [0.4, 0.5) is 0 Å². The zero-order valence-corrected chi connectivity index (χ0v) is 9.83. The summed E-state index contributed by atoms with van der Waals surface area (Å²) in [5, 5.41) is 12.8. The SMILES string of the molecule is CC.O/N=C(/c1ccc(Cl)cc1)C1CC1. The molecule has 0 saturated heterocycles. The van der Waals surface area contributed by atoms with Crippen LogP contribution in [0.1, 0.15) is 32.3 Å². The molecule has 3 heteroatoms. The predicted octanol–water partition coefficient (Wildman–Crippen LogP) is 3.95. The van der Waals surface area contributed by atoms with E-state index in [9.17, 15) is 0 Å². The van der Waals surface area contributed by atoms with Crippen molar-refractivity contribution in [1.82, 2.24) is 0 Å². The molecule has 1 aromatic rings. The Bertz CT molecular complexity index is 328. The molecule has 1 fully saturated rings. The van der Waals surface area contributed by atoms with Gasteiger partial charge in [-0.2, -0.15) is 0 Å². The molecule has 0 heterocycles. The summed E-state index contributed by atoms with van der Waals surface area (Å²) in [7, 11) is 0. The Balaban J connectivity index is 0.000000531. The summed E-state index contributed by atoms with van der Waals surface area (Å²) in [6.45, 7) is 4.00. The van der Waals surface area contributed by atoms with Crippen LogP contribution < -0.4 is 0 Å². The highest BCUT2D eigenvalue weighted by atomic mass is 35.5. The largest absolute Gasteiger partial charge is 0.411 e. The van der Waals surface area contributed by atoms with Gasteiger partial charge in [-0.3, -0.25) is 0 Å². The van der Waals surface area contributed by atoms with Crippen molar-refractivity contribution in [2.45, 2.75) is 26.7 Å². The Morgan fingerprint density at radius 3 is 2.20 bits per heavy atom. The second kappa shape index (κ2) is 5.76. The van der Waals surface area contributed by atoms with E-state index in [2.05, 4.69) is 5.16 Å². The van der Waals surface area contributed by atoms with Gasteiger partial charge in [-0.25, -0.2) is 0 Å². The molecule has 2 nitrogen and oxygen atoms in total. The van der Waals surface area contributed by atoms with Crippen LogP contribution in [-0.2, 0) is 0 Å². The molecular formula is C12H16ClNO. The van der Waals surface area contributed by atoms with Gasteiger partial charge in [0.1, 0.15) is 0 Å². The van der Waals surface area contributed by atoms with E-state index in [4.69, 9.17) is 16.8 Å². The molecule has 1 aliphatic carbocycles. The lowest BCUT2D eigenvalue weighted by Crippen LogP contribution is -2.02. The molecule has 82 valence electrons. The minimum absolute atomic E-state index is 0.450. The maximum atomic E-state index is 8.81. The van der Waals surface area contributed by atoms with E-state index in [0.717, 1.165) is 24.1 Å². The second-order valence-corrected chi connectivity index (χ2v) is 3.70. The molecule has 2 rings (SSSR count). The Labute approximate surface area is 95.6 Å². The molecule has 1 aromatic carbocycles. The molecule has 0 aromatic heterocycles. The minimum atomic E-state index is 0.450. The van der Waals surface area contributed by atoms with Crippen LogP contribution >= 0.6 is 11.6 Å². The quantitative estimate of drug-likeness (QED) is 0.461. The third kappa shape index (κ3) is 3.24. The number of nitrogens with zero attached hydrogens (tertiary/aromatic N) is 1. The highest BCUT2D eigenvalue weighted by Gasteiger charge is 2.28. The van der Waals surface area contributed by atoms with Crippen LogP contribution in [-0.4, -0.2) is 10.9 Å². The molecule has 0 amide bonds. The van der Waals surface area contributed by atoms with Gasteiger partial charge in [-0.05, 0) is 30.5 Å². The van der Waals surface area contributed by atoms with Crippen molar-refractivity contribution in [3.63, 3.8) is 0 Å². The summed E-state index contributed by atoms with van der Waals surface area (Å²) in [6.07, 6.45) is 2.25. The van der Waals surface area contributed by atoms with Gasteiger partial charge < -0.3 is 5.21 Å². The number of halogens is 1. The Kier molecular flexibility index (Phi) is 4.63. The van der Waals surface area contributed by atoms with E-state index in [1.165, 1.54) is 0 Å².